The lowest BCUT2D eigenvalue weighted by Gasteiger charge is -2.27. The number of carbonyl (C=O) groups excluding carboxylic acids is 1. The second kappa shape index (κ2) is 7.35. The highest BCUT2D eigenvalue weighted by atomic mass is 35.5. The molecule has 0 fully saturated rings. The van der Waals surface area contributed by atoms with Crippen LogP contribution in [0.25, 0.3) is 0 Å². The van der Waals surface area contributed by atoms with Crippen molar-refractivity contribution in [3.05, 3.63) is 28.2 Å². The predicted octanol–water partition coefficient (Wildman–Crippen LogP) is 2.86. The molecule has 0 aliphatic carbocycles. The number of benzene rings is 1. The number of halogens is 2. The van der Waals surface area contributed by atoms with Crippen molar-refractivity contribution in [2.75, 3.05) is 11.1 Å². The van der Waals surface area contributed by atoms with Crippen molar-refractivity contribution in [3.8, 4) is 0 Å². The smallest absolute Gasteiger partial charge is 0.321 e. The molecule has 0 aliphatic heterocycles. The van der Waals surface area contributed by atoms with Crippen LogP contribution in [0.1, 0.15) is 13.8 Å². The van der Waals surface area contributed by atoms with Crippen molar-refractivity contribution < 1.29 is 14.7 Å². The second-order valence-corrected chi connectivity index (χ2v) is 7.30. The third-order valence-electron chi connectivity index (χ3n) is 2.82. The topological polar surface area (TPSA) is 92.4 Å². The first-order valence-corrected chi connectivity index (χ1v) is 7.75. The summed E-state index contributed by atoms with van der Waals surface area (Å²) in [6.07, 6.45) is 0. The number of amides is 1. The Labute approximate surface area is 137 Å². The van der Waals surface area contributed by atoms with Gasteiger partial charge in [0.1, 0.15) is 6.04 Å². The van der Waals surface area contributed by atoms with Gasteiger partial charge in [-0.15, -0.1) is 11.8 Å². The second-order valence-electron chi connectivity index (χ2n) is 4.85. The molecule has 0 aliphatic rings. The van der Waals surface area contributed by atoms with Gasteiger partial charge in [-0.25, -0.2) is 0 Å². The van der Waals surface area contributed by atoms with Gasteiger partial charge in [0.15, 0.2) is 0 Å². The molecule has 1 rings (SSSR count). The molecule has 0 heterocycles. The number of carboxylic acids is 1. The first-order valence-electron chi connectivity index (χ1n) is 6.01. The van der Waals surface area contributed by atoms with Gasteiger partial charge in [0, 0.05) is 4.75 Å². The van der Waals surface area contributed by atoms with Gasteiger partial charge in [0.2, 0.25) is 5.91 Å². The third kappa shape index (κ3) is 5.07. The van der Waals surface area contributed by atoms with E-state index in [4.69, 9.17) is 34.0 Å². The van der Waals surface area contributed by atoms with E-state index in [0.717, 1.165) is 11.8 Å². The monoisotopic (exact) mass is 350 g/mol. The van der Waals surface area contributed by atoms with Gasteiger partial charge in [-0.1, -0.05) is 29.3 Å². The van der Waals surface area contributed by atoms with Gasteiger partial charge in [-0.05, 0) is 26.0 Å². The van der Waals surface area contributed by atoms with Gasteiger partial charge >= 0.3 is 5.97 Å². The molecular formula is C13H16Cl2N2O3S. The Morgan fingerprint density at radius 3 is 2.38 bits per heavy atom. The number of rotatable bonds is 6. The number of hydrogen-bond acceptors (Lipinski definition) is 4. The number of para-hydroxylation sites is 1. The van der Waals surface area contributed by atoms with E-state index in [1.54, 1.807) is 32.0 Å². The molecule has 1 amide bonds. The maximum absolute atomic E-state index is 11.9. The van der Waals surface area contributed by atoms with Gasteiger partial charge < -0.3 is 16.2 Å². The molecule has 8 heteroatoms. The molecule has 0 saturated carbocycles. The number of thioether (sulfide) groups is 1. The fourth-order valence-electron chi connectivity index (χ4n) is 1.43. The molecule has 1 atom stereocenters. The molecule has 0 saturated heterocycles. The Kier molecular flexibility index (Phi) is 6.34. The lowest BCUT2D eigenvalue weighted by atomic mass is 10.1. The Hall–Kier alpha value is -0.950. The van der Waals surface area contributed by atoms with E-state index in [9.17, 15) is 9.59 Å². The maximum Gasteiger partial charge on any atom is 0.321 e. The highest BCUT2D eigenvalue weighted by molar-refractivity contribution is 8.01. The summed E-state index contributed by atoms with van der Waals surface area (Å²) in [5.41, 5.74) is 5.93. The average Bonchev–Trinajstić information content (AvgIpc) is 2.40. The zero-order chi connectivity index (χ0) is 16.2. The Morgan fingerprint density at radius 1 is 1.38 bits per heavy atom. The molecule has 0 spiro atoms. The third-order valence-corrected chi connectivity index (χ3v) is 4.85. The number of nitrogens with two attached hydrogens (primary N) is 1. The standard InChI is InChI=1S/C13H16Cl2N2O3S/c1-13(2,11(16)12(19)20)21-6-9(18)17-10-7(14)4-3-5-8(10)15/h3-5,11H,6,16H2,1-2H3,(H,17,18)(H,19,20)/t11-/m0/s1. The van der Waals surface area contributed by atoms with Crippen LogP contribution in [0, 0.1) is 0 Å². The normalized spacial score (nSPS) is 12.8. The SMILES string of the molecule is CC(C)(SCC(=O)Nc1c(Cl)cccc1Cl)[C@@H](N)C(=O)O. The van der Waals surface area contributed by atoms with E-state index in [2.05, 4.69) is 5.32 Å². The first kappa shape index (κ1) is 18.1. The Morgan fingerprint density at radius 2 is 1.90 bits per heavy atom. The Bertz CT molecular complexity index is 532. The number of nitrogens with one attached hydrogen (secondary N) is 1. The molecule has 1 aromatic rings. The van der Waals surface area contributed by atoms with Gasteiger partial charge in [0.05, 0.1) is 21.5 Å². The van der Waals surface area contributed by atoms with Crippen molar-refractivity contribution in [1.82, 2.24) is 0 Å². The van der Waals surface area contributed by atoms with Crippen LogP contribution in [-0.2, 0) is 9.59 Å². The minimum Gasteiger partial charge on any atom is -0.480 e. The Balaban J connectivity index is 2.65. The minimum atomic E-state index is -1.11. The molecule has 5 nitrogen and oxygen atoms in total. The van der Waals surface area contributed by atoms with Crippen LogP contribution in [0.5, 0.6) is 0 Å². The molecular weight excluding hydrogens is 335 g/mol. The first-order chi connectivity index (χ1) is 9.65. The summed E-state index contributed by atoms with van der Waals surface area (Å²) in [7, 11) is 0. The van der Waals surface area contributed by atoms with Crippen LogP contribution in [0.3, 0.4) is 0 Å². The predicted molar refractivity (Wildman–Crippen MR) is 87.2 cm³/mol. The van der Waals surface area contributed by atoms with Crippen molar-refractivity contribution in [1.29, 1.82) is 0 Å². The average molecular weight is 351 g/mol. The number of anilines is 1. The van der Waals surface area contributed by atoms with Gasteiger partial charge in [-0.3, -0.25) is 9.59 Å². The van der Waals surface area contributed by atoms with E-state index in [1.807, 2.05) is 0 Å². The summed E-state index contributed by atoms with van der Waals surface area (Å²) in [6, 6.07) is 3.82. The minimum absolute atomic E-state index is 0.0372. The van der Waals surface area contributed by atoms with Crippen LogP contribution in [-0.4, -0.2) is 33.5 Å². The van der Waals surface area contributed by atoms with E-state index < -0.39 is 16.8 Å². The lowest BCUT2D eigenvalue weighted by molar-refractivity contribution is -0.139. The van der Waals surface area contributed by atoms with Crippen LogP contribution in [0.2, 0.25) is 10.0 Å². The molecule has 0 bridgehead atoms. The fraction of sp³-hybridized carbons (Fsp3) is 0.385. The quantitative estimate of drug-likeness (QED) is 0.733. The van der Waals surface area contributed by atoms with Crippen LogP contribution in [0.15, 0.2) is 18.2 Å². The number of hydrogen-bond donors (Lipinski definition) is 3. The van der Waals surface area contributed by atoms with Crippen LogP contribution >= 0.6 is 35.0 Å². The summed E-state index contributed by atoms with van der Waals surface area (Å²) in [5.74, 6) is -1.40. The van der Waals surface area contributed by atoms with E-state index in [0.29, 0.717) is 15.7 Å². The summed E-state index contributed by atoms with van der Waals surface area (Å²) in [6.45, 7) is 3.35. The van der Waals surface area contributed by atoms with Crippen molar-refractivity contribution in [3.63, 3.8) is 0 Å². The van der Waals surface area contributed by atoms with Gasteiger partial charge in [0.25, 0.3) is 0 Å². The van der Waals surface area contributed by atoms with E-state index in [1.165, 1.54) is 0 Å². The molecule has 1 aromatic carbocycles. The van der Waals surface area contributed by atoms with Crippen molar-refractivity contribution >= 4 is 52.5 Å². The fourth-order valence-corrected chi connectivity index (χ4v) is 2.78. The molecule has 0 unspecified atom stereocenters. The molecule has 4 N–H and O–H groups in total. The highest BCUT2D eigenvalue weighted by Crippen LogP contribution is 2.31. The summed E-state index contributed by atoms with van der Waals surface area (Å²) >= 11 is 13.1. The van der Waals surface area contributed by atoms with E-state index >= 15 is 0 Å². The van der Waals surface area contributed by atoms with Gasteiger partial charge in [-0.2, -0.15) is 0 Å². The van der Waals surface area contributed by atoms with E-state index in [-0.39, 0.29) is 11.7 Å². The highest BCUT2D eigenvalue weighted by Gasteiger charge is 2.33. The number of carbonyl (C=O) groups is 2. The number of carboxylic acid groups (broad SMARTS) is 1. The summed E-state index contributed by atoms with van der Waals surface area (Å²) < 4.78 is -0.784. The largest absolute Gasteiger partial charge is 0.480 e. The summed E-state index contributed by atoms with van der Waals surface area (Å²) in [5, 5.41) is 12.2. The van der Waals surface area contributed by atoms with Crippen molar-refractivity contribution in [2.24, 2.45) is 5.73 Å². The zero-order valence-electron chi connectivity index (χ0n) is 11.5. The van der Waals surface area contributed by atoms with Crippen LogP contribution < -0.4 is 11.1 Å². The molecule has 0 aromatic heterocycles. The van der Waals surface area contributed by atoms with Crippen LogP contribution in [0.4, 0.5) is 5.69 Å². The number of aliphatic carboxylic acids is 1. The summed E-state index contributed by atoms with van der Waals surface area (Å²) in [4.78, 5) is 22.8. The van der Waals surface area contributed by atoms with Crippen molar-refractivity contribution in [2.45, 2.75) is 24.6 Å². The molecule has 0 radical (unpaired) electrons. The molecule has 21 heavy (non-hydrogen) atoms. The zero-order valence-corrected chi connectivity index (χ0v) is 13.9. The molecule has 116 valence electrons. The maximum atomic E-state index is 11.9. The lowest BCUT2D eigenvalue weighted by Crippen LogP contribution is -2.47.